The van der Waals surface area contributed by atoms with E-state index in [-0.39, 0.29) is 34.1 Å². The predicted octanol–water partition coefficient (Wildman–Crippen LogP) is -6.65. The van der Waals surface area contributed by atoms with Gasteiger partial charge in [-0.25, -0.2) is 0 Å². The van der Waals surface area contributed by atoms with Gasteiger partial charge < -0.3 is 45.0 Å². The topological polar surface area (TPSA) is 156 Å². The first kappa shape index (κ1) is 24.3. The van der Waals surface area contributed by atoms with Crippen molar-refractivity contribution in [3.8, 4) is 0 Å². The first-order chi connectivity index (χ1) is 5.41. The summed E-state index contributed by atoms with van der Waals surface area (Å²) in [6.45, 7) is 3.13. The molecule has 0 aliphatic heterocycles. The van der Waals surface area contributed by atoms with Gasteiger partial charge in [0.1, 0.15) is 0 Å². The van der Waals surface area contributed by atoms with E-state index in [1.54, 1.807) is 0 Å². The summed E-state index contributed by atoms with van der Waals surface area (Å²) in [5.41, 5.74) is 10.3. The molecule has 2 radical (unpaired) electrons. The number of rotatable bonds is 4. The van der Waals surface area contributed by atoms with E-state index in [1.165, 1.54) is 0 Å². The molecular formula is C4H13Cu2N3O4Si. The Balaban J connectivity index is -0.0000000651. The molecule has 0 aromatic heterocycles. The second-order valence-electron chi connectivity index (χ2n) is 1.83. The van der Waals surface area contributed by atoms with Gasteiger partial charge >= 0.3 is 34.1 Å². The van der Waals surface area contributed by atoms with Crippen molar-refractivity contribution in [1.82, 2.24) is 5.32 Å². The molecule has 10 heteroatoms. The van der Waals surface area contributed by atoms with E-state index in [1.807, 2.05) is 0 Å². The quantitative estimate of drug-likeness (QED) is 0.343. The number of hydrogen-bond donors (Lipinski definition) is 3. The van der Waals surface area contributed by atoms with Crippen LogP contribution in [0.2, 0.25) is 0 Å². The van der Waals surface area contributed by atoms with Gasteiger partial charge in [-0.15, -0.1) is 0 Å². The van der Waals surface area contributed by atoms with Crippen molar-refractivity contribution in [2.24, 2.45) is 11.5 Å². The van der Waals surface area contributed by atoms with Crippen molar-refractivity contribution in [2.75, 3.05) is 26.2 Å². The van der Waals surface area contributed by atoms with Gasteiger partial charge in [0.25, 0.3) is 0 Å². The third-order valence-electron chi connectivity index (χ3n) is 0.642. The van der Waals surface area contributed by atoms with Gasteiger partial charge in [0.15, 0.2) is 0 Å². The van der Waals surface area contributed by atoms with E-state index in [0.717, 1.165) is 13.1 Å². The summed E-state index contributed by atoms with van der Waals surface area (Å²) < 4.78 is 0. The summed E-state index contributed by atoms with van der Waals surface area (Å²) in [6, 6.07) is 0. The standard InChI is InChI=1S/C4H13N3.2Cu.O4Si/c5-1-3-7-4-2-6;;;1-5(2,3)4/h7H,1-6H2;;;/q;2*+2;-4. The maximum Gasteiger partial charge on any atom is 2.00 e. The Kier molecular flexibility index (Phi) is 28.5. The summed E-state index contributed by atoms with van der Waals surface area (Å²) in [4.78, 5) is 34.3. The maximum atomic E-state index is 8.58. The van der Waals surface area contributed by atoms with Crippen LogP contribution in [0.3, 0.4) is 0 Å². The molecule has 0 fully saturated rings. The van der Waals surface area contributed by atoms with Gasteiger partial charge in [-0.1, -0.05) is 0 Å². The molecular weight excluding hydrogens is 309 g/mol. The second-order valence-corrected chi connectivity index (χ2v) is 2.83. The molecule has 0 amide bonds. The van der Waals surface area contributed by atoms with E-state index in [2.05, 4.69) is 5.32 Å². The Labute approximate surface area is 105 Å². The van der Waals surface area contributed by atoms with Crippen LogP contribution in [-0.4, -0.2) is 35.2 Å². The molecule has 0 aliphatic rings. The summed E-state index contributed by atoms with van der Waals surface area (Å²) in [5.74, 6) is 0. The van der Waals surface area contributed by atoms with Gasteiger partial charge in [0.2, 0.25) is 0 Å². The zero-order chi connectivity index (χ0) is 10.0. The predicted molar refractivity (Wildman–Crippen MR) is 36.7 cm³/mol. The molecule has 0 atom stereocenters. The Morgan fingerprint density at radius 2 is 1.07 bits per heavy atom. The molecule has 0 saturated heterocycles. The molecule has 0 spiro atoms. The number of nitrogens with one attached hydrogen (secondary N) is 1. The molecule has 0 bridgehead atoms. The van der Waals surface area contributed by atoms with Gasteiger partial charge in [-0.05, 0) is 0 Å². The minimum atomic E-state index is -5.61. The van der Waals surface area contributed by atoms with Crippen molar-refractivity contribution in [3.63, 3.8) is 0 Å². The Morgan fingerprint density at radius 3 is 1.21 bits per heavy atom. The van der Waals surface area contributed by atoms with Crippen LogP contribution < -0.4 is 36.0 Å². The van der Waals surface area contributed by atoms with Gasteiger partial charge in [-0.3, -0.25) is 0 Å². The Hall–Kier alpha value is 0.976. The average molecular weight is 322 g/mol. The van der Waals surface area contributed by atoms with Crippen LogP contribution in [0, 0.1) is 0 Å². The molecule has 0 rings (SSSR count). The van der Waals surface area contributed by atoms with Crippen molar-refractivity contribution in [1.29, 1.82) is 0 Å². The van der Waals surface area contributed by atoms with Crippen molar-refractivity contribution < 1.29 is 53.3 Å². The molecule has 14 heavy (non-hydrogen) atoms. The SMILES string of the molecule is NCCNCCN.[Cu+2].[Cu+2].[O-][Si]([O-])([O-])[O-]. The van der Waals surface area contributed by atoms with Gasteiger partial charge in [-0.2, -0.15) is 0 Å². The van der Waals surface area contributed by atoms with Crippen LogP contribution in [0.25, 0.3) is 0 Å². The third-order valence-corrected chi connectivity index (χ3v) is 0.642. The van der Waals surface area contributed by atoms with Crippen LogP contribution in [0.4, 0.5) is 0 Å². The fourth-order valence-electron chi connectivity index (χ4n) is 0.329. The van der Waals surface area contributed by atoms with Crippen molar-refractivity contribution in [3.05, 3.63) is 0 Å². The van der Waals surface area contributed by atoms with Crippen LogP contribution in [0.1, 0.15) is 0 Å². The van der Waals surface area contributed by atoms with Gasteiger partial charge in [0.05, 0.1) is 0 Å². The molecule has 0 aromatic carbocycles. The first-order valence-electron chi connectivity index (χ1n) is 3.34. The van der Waals surface area contributed by atoms with E-state index in [9.17, 15) is 0 Å². The molecule has 0 heterocycles. The minimum Gasteiger partial charge on any atom is -0.894 e. The van der Waals surface area contributed by atoms with Crippen molar-refractivity contribution >= 4 is 9.05 Å². The zero-order valence-electron chi connectivity index (χ0n) is 7.22. The summed E-state index contributed by atoms with van der Waals surface area (Å²) >= 11 is 0. The Bertz CT molecular complexity index is 87.1. The van der Waals surface area contributed by atoms with Crippen LogP contribution >= 0.6 is 0 Å². The molecule has 5 N–H and O–H groups in total. The van der Waals surface area contributed by atoms with Gasteiger partial charge in [0, 0.05) is 26.2 Å². The second kappa shape index (κ2) is 16.4. The average Bonchev–Trinajstić information content (AvgIpc) is 1.85. The summed E-state index contributed by atoms with van der Waals surface area (Å²) in [7, 11) is -5.61. The molecule has 94 valence electrons. The smallest absolute Gasteiger partial charge is 0.894 e. The molecule has 0 aliphatic carbocycles. The first-order valence-corrected chi connectivity index (χ1v) is 4.97. The number of hydrogen-bond acceptors (Lipinski definition) is 7. The largest absolute Gasteiger partial charge is 2.00 e. The van der Waals surface area contributed by atoms with Crippen LogP contribution in [0.15, 0.2) is 0 Å². The van der Waals surface area contributed by atoms with Crippen LogP contribution in [0.5, 0.6) is 0 Å². The minimum absolute atomic E-state index is 0. The van der Waals surface area contributed by atoms with E-state index in [0.29, 0.717) is 13.1 Å². The fraction of sp³-hybridized carbons (Fsp3) is 1.00. The normalized spacial score (nSPS) is 9.00. The van der Waals surface area contributed by atoms with Crippen LogP contribution in [-0.2, 0) is 34.1 Å². The molecule has 0 saturated carbocycles. The molecule has 0 aromatic rings. The fourth-order valence-corrected chi connectivity index (χ4v) is 0.329. The van der Waals surface area contributed by atoms with E-state index >= 15 is 0 Å². The summed E-state index contributed by atoms with van der Waals surface area (Å²) in [5, 5.41) is 3.03. The van der Waals surface area contributed by atoms with E-state index in [4.69, 9.17) is 30.7 Å². The third kappa shape index (κ3) is 75.2. The monoisotopic (exact) mass is 321 g/mol. The summed E-state index contributed by atoms with van der Waals surface area (Å²) in [6.07, 6.45) is 0. The number of nitrogens with two attached hydrogens (primary N) is 2. The maximum absolute atomic E-state index is 8.58. The van der Waals surface area contributed by atoms with Crippen molar-refractivity contribution in [2.45, 2.75) is 0 Å². The van der Waals surface area contributed by atoms with E-state index < -0.39 is 9.05 Å². The molecule has 7 nitrogen and oxygen atoms in total. The Morgan fingerprint density at radius 1 is 0.857 bits per heavy atom. The zero-order valence-corrected chi connectivity index (χ0v) is 10.1. The molecule has 0 unspecified atom stereocenters.